The molecule has 0 saturated carbocycles. The van der Waals surface area contributed by atoms with Crippen LogP contribution in [0.1, 0.15) is 6.92 Å². The number of hydrogen-bond acceptors (Lipinski definition) is 1. The Morgan fingerprint density at radius 2 is 2.17 bits per heavy atom. The first-order chi connectivity index (χ1) is 5.79. The number of halogens is 1. The van der Waals surface area contributed by atoms with Crippen molar-refractivity contribution in [3.63, 3.8) is 0 Å². The maximum absolute atomic E-state index is 10.6. The fraction of sp³-hybridized carbons (Fsp3) is 0.222. The molecular weight excluding hydrogens is 265 g/mol. The second kappa shape index (κ2) is 4.45. The summed E-state index contributed by atoms with van der Waals surface area (Å²) in [5.41, 5.74) is 0.982. The maximum atomic E-state index is 10.6. The van der Waals surface area contributed by atoms with Crippen molar-refractivity contribution in [2.24, 2.45) is 0 Å². The summed E-state index contributed by atoms with van der Waals surface area (Å²) in [7, 11) is 0. The lowest BCUT2D eigenvalue weighted by Crippen LogP contribution is -2.20. The van der Waals surface area contributed by atoms with Gasteiger partial charge in [-0.05, 0) is 41.6 Å². The Bertz CT molecular complexity index is 275. The maximum Gasteiger partial charge on any atom is 0.214 e. The fourth-order valence-corrected chi connectivity index (χ4v) is 1.68. The number of amides is 1. The van der Waals surface area contributed by atoms with E-state index in [2.05, 4.69) is 22.6 Å². The average Bonchev–Trinajstić information content (AvgIpc) is 2.10. The van der Waals surface area contributed by atoms with E-state index in [0.717, 1.165) is 15.7 Å². The monoisotopic (exact) mass is 275 g/mol. The number of hydrogen-bond donors (Lipinski definition) is 0. The van der Waals surface area contributed by atoms with Crippen LogP contribution in [0, 0.1) is 3.57 Å². The van der Waals surface area contributed by atoms with E-state index in [1.165, 1.54) is 0 Å². The van der Waals surface area contributed by atoms with E-state index in [-0.39, 0.29) is 0 Å². The molecule has 1 rings (SSSR count). The van der Waals surface area contributed by atoms with Crippen LogP contribution in [0.25, 0.3) is 0 Å². The lowest BCUT2D eigenvalue weighted by molar-refractivity contribution is -0.107. The van der Waals surface area contributed by atoms with Crippen molar-refractivity contribution in [2.45, 2.75) is 6.92 Å². The summed E-state index contributed by atoms with van der Waals surface area (Å²) in [6.07, 6.45) is 0.859. The minimum absolute atomic E-state index is 0.712. The van der Waals surface area contributed by atoms with Crippen molar-refractivity contribution < 1.29 is 4.79 Å². The smallest absolute Gasteiger partial charge is 0.214 e. The van der Waals surface area contributed by atoms with Crippen LogP contribution in [-0.2, 0) is 4.79 Å². The molecule has 1 aromatic rings. The van der Waals surface area contributed by atoms with E-state index in [0.29, 0.717) is 6.54 Å². The highest BCUT2D eigenvalue weighted by Gasteiger charge is 2.04. The van der Waals surface area contributed by atoms with Gasteiger partial charge in [0, 0.05) is 10.1 Å². The van der Waals surface area contributed by atoms with Crippen molar-refractivity contribution in [1.29, 1.82) is 0 Å². The Labute approximate surface area is 85.7 Å². The predicted octanol–water partition coefficient (Wildman–Crippen LogP) is 2.27. The first-order valence-electron chi connectivity index (χ1n) is 3.76. The molecule has 0 aromatic heterocycles. The molecule has 0 radical (unpaired) electrons. The Morgan fingerprint density at radius 1 is 1.50 bits per heavy atom. The van der Waals surface area contributed by atoms with E-state index < -0.39 is 0 Å². The minimum atomic E-state index is 0.712. The molecule has 0 fully saturated rings. The highest BCUT2D eigenvalue weighted by molar-refractivity contribution is 14.1. The minimum Gasteiger partial charge on any atom is -0.314 e. The summed E-state index contributed by atoms with van der Waals surface area (Å²) in [4.78, 5) is 12.3. The zero-order valence-electron chi connectivity index (χ0n) is 6.83. The van der Waals surface area contributed by atoms with Crippen LogP contribution in [0.4, 0.5) is 5.69 Å². The van der Waals surface area contributed by atoms with Gasteiger partial charge in [-0.3, -0.25) is 4.79 Å². The van der Waals surface area contributed by atoms with Gasteiger partial charge in [-0.15, -0.1) is 0 Å². The van der Waals surface area contributed by atoms with Crippen molar-refractivity contribution in [1.82, 2.24) is 0 Å². The van der Waals surface area contributed by atoms with Crippen LogP contribution >= 0.6 is 22.6 Å². The van der Waals surface area contributed by atoms with Gasteiger partial charge in [0.2, 0.25) is 6.41 Å². The van der Waals surface area contributed by atoms with Crippen molar-refractivity contribution in [3.8, 4) is 0 Å². The van der Waals surface area contributed by atoms with Gasteiger partial charge in [0.1, 0.15) is 0 Å². The number of carbonyl (C=O) groups is 1. The average molecular weight is 275 g/mol. The Kier molecular flexibility index (Phi) is 3.52. The molecule has 0 spiro atoms. The van der Waals surface area contributed by atoms with Crippen molar-refractivity contribution in [2.75, 3.05) is 11.4 Å². The number of benzene rings is 1. The Hall–Kier alpha value is -0.580. The quantitative estimate of drug-likeness (QED) is 0.612. The first kappa shape index (κ1) is 9.51. The van der Waals surface area contributed by atoms with Crippen LogP contribution in [0.5, 0.6) is 0 Å². The molecule has 1 amide bonds. The molecule has 0 aliphatic heterocycles. The number of para-hydroxylation sites is 1. The molecule has 0 aliphatic rings. The number of nitrogens with zero attached hydrogens (tertiary/aromatic N) is 1. The SMILES string of the molecule is CCN(C=O)c1ccccc1I. The van der Waals surface area contributed by atoms with Crippen LogP contribution < -0.4 is 4.90 Å². The molecule has 64 valence electrons. The number of carbonyl (C=O) groups excluding carboxylic acids is 1. The van der Waals surface area contributed by atoms with Crippen molar-refractivity contribution in [3.05, 3.63) is 27.8 Å². The van der Waals surface area contributed by atoms with Gasteiger partial charge in [-0.25, -0.2) is 0 Å². The number of rotatable bonds is 3. The van der Waals surface area contributed by atoms with E-state index in [9.17, 15) is 4.79 Å². The zero-order valence-corrected chi connectivity index (χ0v) is 8.98. The molecule has 0 atom stereocenters. The molecule has 3 heteroatoms. The Balaban J connectivity index is 3.00. The molecule has 0 unspecified atom stereocenters. The van der Waals surface area contributed by atoms with E-state index in [1.54, 1.807) is 4.90 Å². The fourth-order valence-electron chi connectivity index (χ4n) is 0.986. The molecule has 0 heterocycles. The summed E-state index contributed by atoms with van der Waals surface area (Å²) in [5, 5.41) is 0. The lowest BCUT2D eigenvalue weighted by atomic mass is 10.3. The summed E-state index contributed by atoms with van der Waals surface area (Å²) in [6.45, 7) is 2.67. The standard InChI is InChI=1S/C9H10INO/c1-2-11(7-12)9-6-4-3-5-8(9)10/h3-7H,2H2,1H3. The molecule has 0 aliphatic carbocycles. The van der Waals surface area contributed by atoms with Gasteiger partial charge >= 0.3 is 0 Å². The van der Waals surface area contributed by atoms with Crippen LogP contribution in [0.2, 0.25) is 0 Å². The summed E-state index contributed by atoms with van der Waals surface area (Å²) < 4.78 is 1.10. The first-order valence-corrected chi connectivity index (χ1v) is 4.84. The third-order valence-corrected chi connectivity index (χ3v) is 2.54. The molecular formula is C9H10INO. The molecule has 12 heavy (non-hydrogen) atoms. The van der Waals surface area contributed by atoms with Crippen molar-refractivity contribution >= 4 is 34.7 Å². The van der Waals surface area contributed by atoms with Gasteiger partial charge in [-0.2, -0.15) is 0 Å². The number of anilines is 1. The summed E-state index contributed by atoms with van der Waals surface area (Å²) in [6, 6.07) is 7.83. The predicted molar refractivity (Wildman–Crippen MR) is 58.2 cm³/mol. The van der Waals surface area contributed by atoms with Gasteiger partial charge in [-0.1, -0.05) is 12.1 Å². The van der Waals surface area contributed by atoms with E-state index >= 15 is 0 Å². The van der Waals surface area contributed by atoms with E-state index in [1.807, 2.05) is 31.2 Å². The molecule has 0 N–H and O–H groups in total. The highest BCUT2D eigenvalue weighted by atomic mass is 127. The third-order valence-electron chi connectivity index (χ3n) is 1.63. The van der Waals surface area contributed by atoms with Gasteiger partial charge in [0.25, 0.3) is 0 Å². The topological polar surface area (TPSA) is 20.3 Å². The van der Waals surface area contributed by atoms with Gasteiger partial charge in [0.15, 0.2) is 0 Å². The summed E-state index contributed by atoms with van der Waals surface area (Å²) in [5.74, 6) is 0. The lowest BCUT2D eigenvalue weighted by Gasteiger charge is -2.15. The molecule has 0 saturated heterocycles. The van der Waals surface area contributed by atoms with Gasteiger partial charge < -0.3 is 4.90 Å². The normalized spacial score (nSPS) is 9.50. The Morgan fingerprint density at radius 3 is 2.67 bits per heavy atom. The zero-order chi connectivity index (χ0) is 8.97. The molecule has 2 nitrogen and oxygen atoms in total. The largest absolute Gasteiger partial charge is 0.314 e. The van der Waals surface area contributed by atoms with Crippen LogP contribution in [0.15, 0.2) is 24.3 Å². The summed E-state index contributed by atoms with van der Waals surface area (Å²) >= 11 is 2.22. The second-order valence-corrected chi connectivity index (χ2v) is 3.51. The van der Waals surface area contributed by atoms with Gasteiger partial charge in [0.05, 0.1) is 5.69 Å². The third kappa shape index (κ3) is 1.97. The van der Waals surface area contributed by atoms with Crippen LogP contribution in [-0.4, -0.2) is 13.0 Å². The highest BCUT2D eigenvalue weighted by Crippen LogP contribution is 2.20. The van der Waals surface area contributed by atoms with E-state index in [4.69, 9.17) is 0 Å². The second-order valence-electron chi connectivity index (χ2n) is 2.34. The van der Waals surface area contributed by atoms with Crippen LogP contribution in [0.3, 0.4) is 0 Å². The molecule has 1 aromatic carbocycles. The molecule has 0 bridgehead atoms.